The molecule has 2 rings (SSSR count). The van der Waals surface area contributed by atoms with Crippen LogP contribution in [0.25, 0.3) is 10.7 Å². The largest absolute Gasteiger partial charge is 0.308 e. The zero-order chi connectivity index (χ0) is 14.0. The third-order valence-corrected chi connectivity index (χ3v) is 4.36. The third kappa shape index (κ3) is 3.11. The van der Waals surface area contributed by atoms with Crippen LogP contribution < -0.4 is 11.3 Å². The summed E-state index contributed by atoms with van der Waals surface area (Å²) in [4.78, 5) is 11.4. The average molecular weight is 276 g/mol. The first-order valence-corrected chi connectivity index (χ1v) is 7.21. The molecule has 5 heteroatoms. The smallest absolute Gasteiger partial charge is 0.171 e. The van der Waals surface area contributed by atoms with E-state index >= 15 is 0 Å². The molecule has 0 fully saturated rings. The molecule has 4 nitrogen and oxygen atoms in total. The molecule has 2 heterocycles. The monoisotopic (exact) mass is 276 g/mol. The fourth-order valence-electron chi connectivity index (χ4n) is 1.72. The van der Waals surface area contributed by atoms with Crippen LogP contribution in [0.1, 0.15) is 38.3 Å². The molecule has 0 bridgehead atoms. The van der Waals surface area contributed by atoms with Crippen LogP contribution in [-0.4, -0.2) is 9.97 Å². The van der Waals surface area contributed by atoms with E-state index in [0.29, 0.717) is 5.82 Å². The molecule has 0 aliphatic carbocycles. The van der Waals surface area contributed by atoms with Crippen LogP contribution in [0.3, 0.4) is 0 Å². The van der Waals surface area contributed by atoms with Gasteiger partial charge in [-0.2, -0.15) is 0 Å². The maximum Gasteiger partial charge on any atom is 0.171 e. The Hall–Kier alpha value is -1.46. The molecule has 0 amide bonds. The predicted molar refractivity (Wildman–Crippen MR) is 81.2 cm³/mol. The van der Waals surface area contributed by atoms with Crippen molar-refractivity contribution in [1.82, 2.24) is 9.97 Å². The number of nitrogens with one attached hydrogen (secondary N) is 1. The van der Waals surface area contributed by atoms with Gasteiger partial charge in [-0.25, -0.2) is 15.8 Å². The van der Waals surface area contributed by atoms with Crippen molar-refractivity contribution in [2.75, 3.05) is 5.43 Å². The van der Waals surface area contributed by atoms with E-state index in [1.807, 2.05) is 6.07 Å². The molecule has 2 aromatic rings. The number of thiophene rings is 1. The Labute approximate surface area is 118 Å². The molecule has 0 aromatic carbocycles. The molecule has 0 saturated carbocycles. The van der Waals surface area contributed by atoms with Gasteiger partial charge in [-0.15, -0.1) is 11.3 Å². The minimum Gasteiger partial charge on any atom is -0.308 e. The van der Waals surface area contributed by atoms with Crippen molar-refractivity contribution in [2.24, 2.45) is 5.84 Å². The van der Waals surface area contributed by atoms with Crippen molar-refractivity contribution in [3.8, 4) is 10.7 Å². The summed E-state index contributed by atoms with van der Waals surface area (Å²) in [6.07, 6.45) is 0.863. The number of nitrogens with two attached hydrogens (primary N) is 1. The van der Waals surface area contributed by atoms with E-state index in [1.54, 1.807) is 11.3 Å². The van der Waals surface area contributed by atoms with Crippen LogP contribution in [0.4, 0.5) is 5.82 Å². The second kappa shape index (κ2) is 5.27. The highest BCUT2D eigenvalue weighted by atomic mass is 32.1. The van der Waals surface area contributed by atoms with E-state index in [2.05, 4.69) is 55.2 Å². The van der Waals surface area contributed by atoms with Gasteiger partial charge in [0.15, 0.2) is 5.82 Å². The fourth-order valence-corrected chi connectivity index (χ4v) is 2.72. The first-order valence-electron chi connectivity index (χ1n) is 6.39. The second-order valence-electron chi connectivity index (χ2n) is 5.48. The van der Waals surface area contributed by atoms with E-state index in [4.69, 9.17) is 5.84 Å². The highest BCUT2D eigenvalue weighted by molar-refractivity contribution is 7.15. The average Bonchev–Trinajstić information content (AvgIpc) is 2.87. The molecule has 0 atom stereocenters. The minimum absolute atomic E-state index is 0.153. The molecule has 0 saturated heterocycles. The lowest BCUT2D eigenvalue weighted by molar-refractivity contribution is 0.604. The van der Waals surface area contributed by atoms with Gasteiger partial charge in [-0.3, -0.25) is 0 Å². The van der Waals surface area contributed by atoms with Gasteiger partial charge in [-0.05, 0) is 24.0 Å². The topological polar surface area (TPSA) is 63.8 Å². The Morgan fingerprint density at radius 1 is 1.26 bits per heavy atom. The van der Waals surface area contributed by atoms with Crippen LogP contribution in [-0.2, 0) is 11.8 Å². The number of hydrogen-bond donors (Lipinski definition) is 2. The van der Waals surface area contributed by atoms with Gasteiger partial charge in [-0.1, -0.05) is 27.7 Å². The zero-order valence-electron chi connectivity index (χ0n) is 11.8. The summed E-state index contributed by atoms with van der Waals surface area (Å²) in [7, 11) is 0. The van der Waals surface area contributed by atoms with E-state index in [1.165, 1.54) is 4.88 Å². The number of hydrazine groups is 1. The Bertz CT molecular complexity index is 547. The third-order valence-electron chi connectivity index (χ3n) is 2.85. The molecule has 0 aliphatic rings. The lowest BCUT2D eigenvalue weighted by Crippen LogP contribution is -2.10. The van der Waals surface area contributed by atoms with Crippen LogP contribution >= 0.6 is 11.3 Å². The SMILES string of the molecule is CCc1cc(NN)nc(-c2ccc(C(C)(C)C)s2)n1. The van der Waals surface area contributed by atoms with E-state index in [-0.39, 0.29) is 5.41 Å². The first kappa shape index (κ1) is 14.0. The van der Waals surface area contributed by atoms with Crippen molar-refractivity contribution in [1.29, 1.82) is 0 Å². The van der Waals surface area contributed by atoms with Gasteiger partial charge < -0.3 is 5.43 Å². The van der Waals surface area contributed by atoms with Crippen molar-refractivity contribution in [3.63, 3.8) is 0 Å². The van der Waals surface area contributed by atoms with Crippen molar-refractivity contribution < 1.29 is 0 Å². The Kier molecular flexibility index (Phi) is 3.87. The summed E-state index contributed by atoms with van der Waals surface area (Å²) in [5.74, 6) is 6.86. The number of anilines is 1. The molecule has 19 heavy (non-hydrogen) atoms. The summed E-state index contributed by atoms with van der Waals surface area (Å²) in [6.45, 7) is 8.69. The summed E-state index contributed by atoms with van der Waals surface area (Å²) in [6, 6.07) is 6.11. The predicted octanol–water partition coefficient (Wildman–Crippen LogP) is 3.35. The van der Waals surface area contributed by atoms with Crippen molar-refractivity contribution >= 4 is 17.2 Å². The molecule has 0 spiro atoms. The normalized spacial score (nSPS) is 11.6. The van der Waals surface area contributed by atoms with Gasteiger partial charge in [0.1, 0.15) is 5.82 Å². The van der Waals surface area contributed by atoms with E-state index in [0.717, 1.165) is 22.8 Å². The van der Waals surface area contributed by atoms with Gasteiger partial charge in [0, 0.05) is 16.6 Å². The maximum absolute atomic E-state index is 5.46. The highest BCUT2D eigenvalue weighted by Crippen LogP contribution is 2.33. The fraction of sp³-hybridized carbons (Fsp3) is 0.429. The van der Waals surface area contributed by atoms with Crippen LogP contribution in [0, 0.1) is 0 Å². The van der Waals surface area contributed by atoms with Crippen LogP contribution in [0.15, 0.2) is 18.2 Å². The standard InChI is InChI=1S/C14H20N4S/c1-5-9-8-12(18-15)17-13(16-9)10-6-7-11(19-10)14(2,3)4/h6-8H,5,15H2,1-4H3,(H,16,17,18). The van der Waals surface area contributed by atoms with Gasteiger partial charge >= 0.3 is 0 Å². The van der Waals surface area contributed by atoms with Gasteiger partial charge in [0.2, 0.25) is 0 Å². The number of aryl methyl sites for hydroxylation is 1. The number of rotatable bonds is 3. The summed E-state index contributed by atoms with van der Waals surface area (Å²) in [5, 5.41) is 0. The van der Waals surface area contributed by atoms with Gasteiger partial charge in [0.25, 0.3) is 0 Å². The minimum atomic E-state index is 0.153. The second-order valence-corrected chi connectivity index (χ2v) is 6.56. The molecular weight excluding hydrogens is 256 g/mol. The highest BCUT2D eigenvalue weighted by Gasteiger charge is 2.17. The Morgan fingerprint density at radius 2 is 2.00 bits per heavy atom. The molecule has 0 unspecified atom stereocenters. The van der Waals surface area contributed by atoms with Gasteiger partial charge in [0.05, 0.1) is 4.88 Å². The van der Waals surface area contributed by atoms with Crippen LogP contribution in [0.5, 0.6) is 0 Å². The Balaban J connectivity index is 2.43. The summed E-state index contributed by atoms with van der Waals surface area (Å²) < 4.78 is 0. The number of aromatic nitrogens is 2. The maximum atomic E-state index is 5.46. The number of nitrogens with zero attached hydrogens (tertiary/aromatic N) is 2. The molecule has 3 N–H and O–H groups in total. The number of nitrogen functional groups attached to an aromatic ring is 1. The van der Waals surface area contributed by atoms with Crippen molar-refractivity contribution in [3.05, 3.63) is 28.8 Å². The molecular formula is C14H20N4S. The summed E-state index contributed by atoms with van der Waals surface area (Å²) in [5.41, 5.74) is 3.74. The Morgan fingerprint density at radius 3 is 2.53 bits per heavy atom. The summed E-state index contributed by atoms with van der Waals surface area (Å²) >= 11 is 1.74. The zero-order valence-corrected chi connectivity index (χ0v) is 12.6. The number of hydrogen-bond acceptors (Lipinski definition) is 5. The molecule has 0 aliphatic heterocycles. The van der Waals surface area contributed by atoms with E-state index < -0.39 is 0 Å². The van der Waals surface area contributed by atoms with E-state index in [9.17, 15) is 0 Å². The van der Waals surface area contributed by atoms with Crippen LogP contribution in [0.2, 0.25) is 0 Å². The lowest BCUT2D eigenvalue weighted by Gasteiger charge is -2.15. The van der Waals surface area contributed by atoms with Crippen molar-refractivity contribution in [2.45, 2.75) is 39.5 Å². The molecule has 102 valence electrons. The first-order chi connectivity index (χ1) is 8.94. The lowest BCUT2D eigenvalue weighted by atomic mass is 9.95. The quantitative estimate of drug-likeness (QED) is 0.666. The molecule has 0 radical (unpaired) electrons. The molecule has 2 aromatic heterocycles.